The topological polar surface area (TPSA) is 108 Å². The van der Waals surface area contributed by atoms with Gasteiger partial charge in [-0.1, -0.05) is 29.8 Å². The van der Waals surface area contributed by atoms with Gasteiger partial charge < -0.3 is 21.3 Å². The second kappa shape index (κ2) is 16.2. The number of amides is 2. The van der Waals surface area contributed by atoms with Crippen LogP contribution in [-0.2, 0) is 0 Å². The molecule has 2 aliphatic heterocycles. The molecule has 2 amide bonds. The number of carbonyl (C=O) groups excluding carboxylic acids is 2. The maximum Gasteiger partial charge on any atom is 0.274 e. The van der Waals surface area contributed by atoms with Gasteiger partial charge in [0.15, 0.2) is 0 Å². The summed E-state index contributed by atoms with van der Waals surface area (Å²) in [6, 6.07) is 11.8. The summed E-state index contributed by atoms with van der Waals surface area (Å²) in [4.78, 5) is 35.2. The van der Waals surface area contributed by atoms with Gasteiger partial charge in [0.1, 0.15) is 11.5 Å². The largest absolute Gasteiger partial charge is 0.368 e. The summed E-state index contributed by atoms with van der Waals surface area (Å²) in [5.41, 5.74) is 3.99. The average Bonchev–Trinajstić information content (AvgIpc) is 3.40. The Morgan fingerprint density at radius 3 is 2.02 bits per heavy atom. The summed E-state index contributed by atoms with van der Waals surface area (Å²) in [5, 5.41) is 12.4. The fourth-order valence-electron chi connectivity index (χ4n) is 4.06. The molecule has 0 saturated heterocycles. The Balaban J connectivity index is 0.00000205. The molecule has 1 aromatic carbocycles. The highest BCUT2D eigenvalue weighted by Gasteiger charge is 2.24. The molecule has 0 bridgehead atoms. The second-order valence-electron chi connectivity index (χ2n) is 8.36. The van der Waals surface area contributed by atoms with Crippen molar-refractivity contribution in [1.82, 2.24) is 20.6 Å². The first-order chi connectivity index (χ1) is 19.1. The smallest absolute Gasteiger partial charge is 0.274 e. The second-order valence-corrected chi connectivity index (χ2v) is 8.79. The summed E-state index contributed by atoms with van der Waals surface area (Å²) in [6.45, 7) is 0. The van der Waals surface area contributed by atoms with Gasteiger partial charge in [-0.3, -0.25) is 14.6 Å². The van der Waals surface area contributed by atoms with Crippen molar-refractivity contribution < 1.29 is 9.59 Å². The molecule has 4 heterocycles. The molecular formula is C30H26Cl4N6O2. The van der Waals surface area contributed by atoms with E-state index in [4.69, 9.17) is 11.6 Å². The zero-order chi connectivity index (χ0) is 27.0. The molecule has 0 aliphatic carbocycles. The Kier molecular flexibility index (Phi) is 13.1. The maximum absolute atomic E-state index is 13.7. The number of anilines is 2. The molecule has 0 atom stereocenters. The van der Waals surface area contributed by atoms with E-state index in [0.29, 0.717) is 33.2 Å². The molecule has 5 rings (SSSR count). The quantitative estimate of drug-likeness (QED) is 0.232. The van der Waals surface area contributed by atoms with E-state index >= 15 is 0 Å². The zero-order valence-corrected chi connectivity index (χ0v) is 25.0. The lowest BCUT2D eigenvalue weighted by Gasteiger charge is -2.21. The Hall–Kier alpha value is -4.34. The first kappa shape index (κ1) is 33.9. The molecule has 2 aromatic heterocycles. The van der Waals surface area contributed by atoms with Crippen LogP contribution in [0.3, 0.4) is 0 Å². The Morgan fingerprint density at radius 1 is 0.714 bits per heavy atom. The minimum atomic E-state index is -0.371. The van der Waals surface area contributed by atoms with Crippen LogP contribution in [0.1, 0.15) is 32.0 Å². The zero-order valence-electron chi connectivity index (χ0n) is 21.8. The molecule has 12 heteroatoms. The summed E-state index contributed by atoms with van der Waals surface area (Å²) in [5.74, 6) is -0.382. The van der Waals surface area contributed by atoms with Crippen LogP contribution in [0.15, 0.2) is 116 Å². The van der Waals surface area contributed by atoms with Crippen molar-refractivity contribution >= 4 is 83.3 Å². The predicted octanol–water partition coefficient (Wildman–Crippen LogP) is 6.93. The first-order valence-corrected chi connectivity index (χ1v) is 12.4. The van der Waals surface area contributed by atoms with Crippen molar-refractivity contribution in [2.75, 3.05) is 10.6 Å². The number of nitrogens with one attached hydrogen (secondary N) is 4. The number of rotatable bonds is 6. The highest BCUT2D eigenvalue weighted by atomic mass is 35.5. The number of aromatic nitrogens is 2. The van der Waals surface area contributed by atoms with Crippen LogP contribution in [0.2, 0.25) is 5.02 Å². The van der Waals surface area contributed by atoms with E-state index < -0.39 is 0 Å². The lowest BCUT2D eigenvalue weighted by Crippen LogP contribution is -2.19. The molecule has 0 saturated carbocycles. The molecule has 42 heavy (non-hydrogen) atoms. The number of nitrogens with zero attached hydrogens (tertiary/aromatic N) is 2. The number of pyridine rings is 2. The molecule has 8 nitrogen and oxygen atoms in total. The van der Waals surface area contributed by atoms with Gasteiger partial charge in [-0.25, -0.2) is 4.98 Å². The number of hydrogen-bond donors (Lipinski definition) is 4. The van der Waals surface area contributed by atoms with Gasteiger partial charge in [0.05, 0.1) is 5.02 Å². The molecular weight excluding hydrogens is 618 g/mol. The third-order valence-corrected chi connectivity index (χ3v) is 6.02. The minimum Gasteiger partial charge on any atom is -0.368 e. The summed E-state index contributed by atoms with van der Waals surface area (Å²) in [6.07, 6.45) is 21.4. The Bertz CT molecular complexity index is 1600. The van der Waals surface area contributed by atoms with Crippen molar-refractivity contribution in [2.45, 2.75) is 0 Å². The van der Waals surface area contributed by atoms with Gasteiger partial charge in [-0.2, -0.15) is 0 Å². The van der Waals surface area contributed by atoms with Crippen molar-refractivity contribution in [3.8, 4) is 0 Å². The molecule has 3 aromatic rings. The molecule has 0 unspecified atom stereocenters. The van der Waals surface area contributed by atoms with Gasteiger partial charge in [-0.05, 0) is 71.8 Å². The Morgan fingerprint density at radius 2 is 1.40 bits per heavy atom. The van der Waals surface area contributed by atoms with Crippen molar-refractivity contribution in [3.63, 3.8) is 0 Å². The Labute approximate surface area is 266 Å². The van der Waals surface area contributed by atoms with Gasteiger partial charge in [0, 0.05) is 59.6 Å². The van der Waals surface area contributed by atoms with E-state index in [1.54, 1.807) is 73.5 Å². The van der Waals surface area contributed by atoms with Crippen LogP contribution in [0, 0.1) is 0 Å². The van der Waals surface area contributed by atoms with E-state index in [1.807, 2.05) is 36.5 Å². The fourth-order valence-corrected chi connectivity index (χ4v) is 4.17. The average molecular weight is 644 g/mol. The van der Waals surface area contributed by atoms with Crippen molar-refractivity contribution in [1.29, 1.82) is 0 Å². The van der Waals surface area contributed by atoms with Crippen LogP contribution in [0.25, 0.3) is 11.1 Å². The molecule has 2 aliphatic rings. The van der Waals surface area contributed by atoms with E-state index in [-0.39, 0.29) is 54.7 Å². The summed E-state index contributed by atoms with van der Waals surface area (Å²) in [7, 11) is 0. The monoisotopic (exact) mass is 642 g/mol. The number of halogens is 4. The van der Waals surface area contributed by atoms with E-state index in [9.17, 15) is 9.59 Å². The van der Waals surface area contributed by atoms with Crippen LogP contribution < -0.4 is 21.3 Å². The van der Waals surface area contributed by atoms with Crippen LogP contribution in [-0.4, -0.2) is 21.8 Å². The molecule has 0 spiro atoms. The highest BCUT2D eigenvalue weighted by Crippen LogP contribution is 2.37. The van der Waals surface area contributed by atoms with Crippen molar-refractivity contribution in [3.05, 3.63) is 144 Å². The summed E-state index contributed by atoms with van der Waals surface area (Å²) >= 11 is 5.97. The molecule has 0 fully saturated rings. The lowest BCUT2D eigenvalue weighted by atomic mass is 9.87. The van der Waals surface area contributed by atoms with Crippen LogP contribution >= 0.6 is 48.8 Å². The number of benzene rings is 1. The van der Waals surface area contributed by atoms with Gasteiger partial charge in [0.2, 0.25) is 0 Å². The normalized spacial score (nSPS) is 12.8. The standard InChI is InChI=1S/C30H23ClN6O2.3ClH/c31-22-8-11-26(35-19-22)37-29(38)23-9-10-24(36-30(39)25-7-1-2-16-34-25)28(21-6-4-15-33-18-13-21)27(23)20-5-3-14-32-17-12-20;;;/h1-19,32-33H,(H,36,39)(H,35,37,38);3*1H. The minimum absolute atomic E-state index is 0. The highest BCUT2D eigenvalue weighted by molar-refractivity contribution is 6.30. The number of carbonyl (C=O) groups is 2. The van der Waals surface area contributed by atoms with Crippen LogP contribution in [0.4, 0.5) is 11.5 Å². The maximum atomic E-state index is 13.7. The third kappa shape index (κ3) is 8.11. The van der Waals surface area contributed by atoms with E-state index in [0.717, 1.165) is 11.1 Å². The SMILES string of the molecule is Cl.Cl.Cl.O=C(Nc1ccc(C(=O)Nc2ccc(Cl)cn2)c(C2=CC=CNC=C2)c1C1=CC=CNC=C1)c1ccccn1. The van der Waals surface area contributed by atoms with E-state index in [2.05, 4.69) is 31.2 Å². The van der Waals surface area contributed by atoms with Gasteiger partial charge >= 0.3 is 0 Å². The number of allylic oxidation sites excluding steroid dienone is 8. The predicted molar refractivity (Wildman–Crippen MR) is 176 cm³/mol. The molecule has 4 N–H and O–H groups in total. The third-order valence-electron chi connectivity index (χ3n) is 5.80. The summed E-state index contributed by atoms with van der Waals surface area (Å²) < 4.78 is 0. The van der Waals surface area contributed by atoms with Gasteiger partial charge in [0.25, 0.3) is 11.8 Å². The van der Waals surface area contributed by atoms with Crippen molar-refractivity contribution in [2.24, 2.45) is 0 Å². The molecule has 216 valence electrons. The van der Waals surface area contributed by atoms with Crippen LogP contribution in [0.5, 0.6) is 0 Å². The molecule has 0 radical (unpaired) electrons. The van der Waals surface area contributed by atoms with Gasteiger partial charge in [-0.15, -0.1) is 37.2 Å². The van der Waals surface area contributed by atoms with E-state index in [1.165, 1.54) is 6.20 Å². The first-order valence-electron chi connectivity index (χ1n) is 12.0. The lowest BCUT2D eigenvalue weighted by molar-refractivity contribution is 0.101. The number of hydrogen-bond acceptors (Lipinski definition) is 6. The fraction of sp³-hybridized carbons (Fsp3) is 0.